The largest absolute Gasteiger partial charge is 0.497 e. The smallest absolute Gasteiger partial charge is 0.293 e. The van der Waals surface area contributed by atoms with E-state index in [1.165, 1.54) is 38.5 Å². The van der Waals surface area contributed by atoms with Gasteiger partial charge in [-0.15, -0.1) is 0 Å². The van der Waals surface area contributed by atoms with Gasteiger partial charge in [0, 0.05) is 30.8 Å². The van der Waals surface area contributed by atoms with Crippen molar-refractivity contribution in [2.75, 3.05) is 27.3 Å². The number of methoxy groups -OCH3 is 2. The molecular weight excluding hydrogens is 435 g/mol. The molecule has 0 spiro atoms. The predicted molar refractivity (Wildman–Crippen MR) is 121 cm³/mol. The van der Waals surface area contributed by atoms with Gasteiger partial charge in [-0.3, -0.25) is 19.3 Å². The number of rotatable bonds is 8. The molecule has 3 amide bonds. The van der Waals surface area contributed by atoms with Crippen LogP contribution in [0.1, 0.15) is 11.1 Å². The molecule has 9 heteroatoms. The van der Waals surface area contributed by atoms with Crippen molar-refractivity contribution >= 4 is 41.0 Å². The average molecular weight is 456 g/mol. The van der Waals surface area contributed by atoms with Crippen LogP contribution in [0.5, 0.6) is 11.5 Å². The van der Waals surface area contributed by atoms with Crippen molar-refractivity contribution in [3.05, 3.63) is 70.4 Å². The van der Waals surface area contributed by atoms with E-state index in [0.717, 1.165) is 16.7 Å². The lowest BCUT2D eigenvalue weighted by Crippen LogP contribution is -2.36. The zero-order chi connectivity index (χ0) is 23.1. The van der Waals surface area contributed by atoms with E-state index in [0.29, 0.717) is 17.1 Å². The Bertz CT molecular complexity index is 1080. The van der Waals surface area contributed by atoms with Crippen LogP contribution in [0.15, 0.2) is 53.4 Å². The molecule has 2 aromatic rings. The Morgan fingerprint density at radius 3 is 2.47 bits per heavy atom. The minimum atomic E-state index is -0.517. The number of hydrogen-bond acceptors (Lipinski definition) is 6. The highest BCUT2D eigenvalue weighted by atomic mass is 32.2. The van der Waals surface area contributed by atoms with Crippen molar-refractivity contribution < 1.29 is 28.2 Å². The quantitative estimate of drug-likeness (QED) is 0.610. The van der Waals surface area contributed by atoms with E-state index < -0.39 is 17.0 Å². The van der Waals surface area contributed by atoms with Gasteiger partial charge in [0.2, 0.25) is 5.91 Å². The third kappa shape index (κ3) is 5.76. The first-order valence-electron chi connectivity index (χ1n) is 9.60. The zero-order valence-electron chi connectivity index (χ0n) is 17.5. The molecule has 0 unspecified atom stereocenters. The molecule has 1 aliphatic rings. The first-order valence-corrected chi connectivity index (χ1v) is 10.4. The number of carbonyl (C=O) groups is 3. The van der Waals surface area contributed by atoms with Gasteiger partial charge in [-0.25, -0.2) is 4.39 Å². The van der Waals surface area contributed by atoms with Crippen LogP contribution in [-0.2, 0) is 9.59 Å². The molecule has 0 radical (unpaired) electrons. The topological polar surface area (TPSA) is 84.9 Å². The van der Waals surface area contributed by atoms with Crippen LogP contribution in [-0.4, -0.2) is 49.3 Å². The molecule has 1 heterocycles. The summed E-state index contributed by atoms with van der Waals surface area (Å²) in [4.78, 5) is 37.9. The third-order valence-corrected chi connectivity index (χ3v) is 5.41. The summed E-state index contributed by atoms with van der Waals surface area (Å²) >= 11 is 0.740. The van der Waals surface area contributed by atoms with Gasteiger partial charge in [-0.1, -0.05) is 18.2 Å². The van der Waals surface area contributed by atoms with Gasteiger partial charge in [0.25, 0.3) is 11.1 Å². The van der Waals surface area contributed by atoms with E-state index >= 15 is 0 Å². The maximum absolute atomic E-state index is 13.8. The minimum absolute atomic E-state index is 0.00579. The molecule has 0 atom stereocenters. The van der Waals surface area contributed by atoms with Crippen LogP contribution >= 0.6 is 11.8 Å². The van der Waals surface area contributed by atoms with Crippen molar-refractivity contribution in [3.63, 3.8) is 0 Å². The van der Waals surface area contributed by atoms with Crippen molar-refractivity contribution in [3.8, 4) is 11.5 Å². The maximum Gasteiger partial charge on any atom is 0.293 e. The van der Waals surface area contributed by atoms with E-state index in [9.17, 15) is 18.8 Å². The monoisotopic (exact) mass is 456 g/mol. The van der Waals surface area contributed by atoms with E-state index in [2.05, 4.69) is 5.32 Å². The Kier molecular flexibility index (Phi) is 7.67. The van der Waals surface area contributed by atoms with Crippen molar-refractivity contribution in [2.24, 2.45) is 0 Å². The van der Waals surface area contributed by atoms with Crippen LogP contribution in [0.2, 0.25) is 0 Å². The second-order valence-corrected chi connectivity index (χ2v) is 7.62. The molecule has 2 aromatic carbocycles. The van der Waals surface area contributed by atoms with Crippen LogP contribution in [0.3, 0.4) is 0 Å². The van der Waals surface area contributed by atoms with Gasteiger partial charge in [0.1, 0.15) is 17.3 Å². The summed E-state index contributed by atoms with van der Waals surface area (Å²) in [5.74, 6) is -0.205. The first kappa shape index (κ1) is 23.1. The summed E-state index contributed by atoms with van der Waals surface area (Å²) in [5.41, 5.74) is 0.936. The standard InChI is InChI=1S/C23H21FN2O5S/c1-30-17-11-15(12-18(14-17)31-2)7-8-21(27)25-9-10-26-22(28)20(32-23(26)29)13-16-5-3-4-6-19(16)24/h3-8,11-14H,9-10H2,1-2H3,(H,25,27)/b8-7+,20-13-. The number of thioether (sulfide) groups is 1. The number of amides is 3. The number of imide groups is 1. The Balaban J connectivity index is 1.55. The van der Waals surface area contributed by atoms with Gasteiger partial charge in [0.05, 0.1) is 19.1 Å². The molecule has 0 saturated carbocycles. The fraction of sp³-hybridized carbons (Fsp3) is 0.174. The summed E-state index contributed by atoms with van der Waals surface area (Å²) in [5, 5.41) is 2.16. The second-order valence-electron chi connectivity index (χ2n) is 6.63. The average Bonchev–Trinajstić information content (AvgIpc) is 3.06. The van der Waals surface area contributed by atoms with Gasteiger partial charge in [0.15, 0.2) is 0 Å². The first-order chi connectivity index (χ1) is 15.4. The Morgan fingerprint density at radius 2 is 1.81 bits per heavy atom. The van der Waals surface area contributed by atoms with E-state index in [1.807, 2.05) is 0 Å². The minimum Gasteiger partial charge on any atom is -0.497 e. The number of nitrogens with one attached hydrogen (secondary N) is 1. The molecule has 0 bridgehead atoms. The van der Waals surface area contributed by atoms with Gasteiger partial charge >= 0.3 is 0 Å². The van der Waals surface area contributed by atoms with Crippen molar-refractivity contribution in [2.45, 2.75) is 0 Å². The lowest BCUT2D eigenvalue weighted by atomic mass is 10.2. The van der Waals surface area contributed by atoms with Crippen LogP contribution in [0, 0.1) is 5.82 Å². The molecule has 32 heavy (non-hydrogen) atoms. The fourth-order valence-corrected chi connectivity index (χ4v) is 3.73. The lowest BCUT2D eigenvalue weighted by Gasteiger charge is -2.12. The number of halogens is 1. The summed E-state index contributed by atoms with van der Waals surface area (Å²) in [6.07, 6.45) is 4.28. The summed E-state index contributed by atoms with van der Waals surface area (Å²) in [7, 11) is 3.07. The highest BCUT2D eigenvalue weighted by Gasteiger charge is 2.34. The van der Waals surface area contributed by atoms with E-state index in [1.54, 1.807) is 36.4 Å². The van der Waals surface area contributed by atoms with Gasteiger partial charge in [-0.05, 0) is 47.7 Å². The number of nitrogens with zero attached hydrogens (tertiary/aromatic N) is 1. The van der Waals surface area contributed by atoms with Crippen LogP contribution in [0.4, 0.5) is 9.18 Å². The third-order valence-electron chi connectivity index (χ3n) is 4.50. The molecule has 166 valence electrons. The molecule has 7 nitrogen and oxygen atoms in total. The van der Waals surface area contributed by atoms with Crippen LogP contribution in [0.25, 0.3) is 12.2 Å². The Hall–Kier alpha value is -3.59. The molecule has 1 aliphatic heterocycles. The number of benzene rings is 2. The molecule has 1 saturated heterocycles. The summed E-state index contributed by atoms with van der Waals surface area (Å²) < 4.78 is 24.2. The number of hydrogen-bond donors (Lipinski definition) is 1. The van der Waals surface area contributed by atoms with Gasteiger partial charge in [-0.2, -0.15) is 0 Å². The van der Waals surface area contributed by atoms with Crippen LogP contribution < -0.4 is 14.8 Å². The lowest BCUT2D eigenvalue weighted by molar-refractivity contribution is -0.123. The summed E-state index contributed by atoms with van der Waals surface area (Å²) in [6, 6.07) is 11.2. The molecular formula is C23H21FN2O5S. The number of carbonyl (C=O) groups excluding carboxylic acids is 3. The maximum atomic E-state index is 13.8. The normalized spacial score (nSPS) is 15.0. The van der Waals surface area contributed by atoms with E-state index in [4.69, 9.17) is 9.47 Å². The fourth-order valence-electron chi connectivity index (χ4n) is 2.87. The second kappa shape index (κ2) is 10.6. The molecule has 3 rings (SSSR count). The molecule has 1 fully saturated rings. The highest BCUT2D eigenvalue weighted by molar-refractivity contribution is 8.18. The van der Waals surface area contributed by atoms with E-state index in [-0.39, 0.29) is 29.5 Å². The highest BCUT2D eigenvalue weighted by Crippen LogP contribution is 2.32. The summed E-state index contributed by atoms with van der Waals surface area (Å²) in [6.45, 7) is 0.0848. The Labute approximate surface area is 188 Å². The van der Waals surface area contributed by atoms with Crippen molar-refractivity contribution in [1.29, 1.82) is 0 Å². The molecule has 1 N–H and O–H groups in total. The van der Waals surface area contributed by atoms with Crippen molar-refractivity contribution in [1.82, 2.24) is 10.2 Å². The predicted octanol–water partition coefficient (Wildman–Crippen LogP) is 3.71. The van der Waals surface area contributed by atoms with Gasteiger partial charge < -0.3 is 14.8 Å². The molecule has 0 aromatic heterocycles. The zero-order valence-corrected chi connectivity index (χ0v) is 18.3. The Morgan fingerprint density at radius 1 is 1.12 bits per heavy atom. The number of ether oxygens (including phenoxy) is 2. The molecule has 0 aliphatic carbocycles. The SMILES string of the molecule is COc1cc(/C=C/C(=O)NCCN2C(=O)S/C(=C\c3ccccc3F)C2=O)cc(OC)c1.